The topological polar surface area (TPSA) is 90.1 Å². The van der Waals surface area contributed by atoms with E-state index in [9.17, 15) is 14.9 Å². The van der Waals surface area contributed by atoms with E-state index in [2.05, 4.69) is 10.4 Å². The molecule has 7 nitrogen and oxygen atoms in total. The molecule has 1 atom stereocenters. The van der Waals surface area contributed by atoms with Crippen molar-refractivity contribution in [2.24, 2.45) is 7.05 Å². The molecule has 0 aliphatic rings. The number of rotatable bonds is 4. The first kappa shape index (κ1) is 13.7. The summed E-state index contributed by atoms with van der Waals surface area (Å²) in [6, 6.07) is 9.11. The normalized spacial score (nSPS) is 11.9. The van der Waals surface area contributed by atoms with Crippen molar-refractivity contribution in [3.63, 3.8) is 0 Å². The fourth-order valence-electron chi connectivity index (χ4n) is 1.91. The Balaban J connectivity index is 2.21. The Labute approximate surface area is 115 Å². The van der Waals surface area contributed by atoms with Crippen LogP contribution in [0.2, 0.25) is 0 Å². The van der Waals surface area contributed by atoms with Crippen LogP contribution in [0.1, 0.15) is 29.0 Å². The summed E-state index contributed by atoms with van der Waals surface area (Å²) in [7, 11) is 1.50. The van der Waals surface area contributed by atoms with Crippen molar-refractivity contribution in [1.29, 1.82) is 0 Å². The van der Waals surface area contributed by atoms with Crippen molar-refractivity contribution in [2.45, 2.75) is 13.0 Å². The smallest absolute Gasteiger partial charge is 0.320 e. The number of aromatic nitrogens is 2. The molecule has 1 unspecified atom stereocenters. The van der Waals surface area contributed by atoms with Crippen LogP contribution in [-0.2, 0) is 7.05 Å². The molecule has 1 heterocycles. The summed E-state index contributed by atoms with van der Waals surface area (Å²) < 4.78 is 1.20. The van der Waals surface area contributed by atoms with E-state index in [0.29, 0.717) is 0 Å². The summed E-state index contributed by atoms with van der Waals surface area (Å²) in [6.45, 7) is 1.81. The largest absolute Gasteiger partial charge is 0.344 e. The molecule has 0 aliphatic heterocycles. The lowest BCUT2D eigenvalue weighted by Crippen LogP contribution is -2.29. The summed E-state index contributed by atoms with van der Waals surface area (Å²) in [5.41, 5.74) is 0.564. The first-order valence-electron chi connectivity index (χ1n) is 6.03. The number of carbonyl (C=O) groups excluding carboxylic acids is 1. The molecule has 2 aromatic rings. The average molecular weight is 274 g/mol. The second kappa shape index (κ2) is 5.52. The predicted molar refractivity (Wildman–Crippen MR) is 72.2 cm³/mol. The highest BCUT2D eigenvalue weighted by Crippen LogP contribution is 2.18. The van der Waals surface area contributed by atoms with E-state index in [0.717, 1.165) is 11.8 Å². The molecular weight excluding hydrogens is 260 g/mol. The molecule has 0 fully saturated rings. The summed E-state index contributed by atoms with van der Waals surface area (Å²) in [6.07, 6.45) is 1.07. The number of hydrogen-bond donors (Lipinski definition) is 1. The maximum atomic E-state index is 12.2. The van der Waals surface area contributed by atoms with E-state index in [1.165, 1.54) is 11.7 Å². The number of hydrogen-bond acceptors (Lipinski definition) is 4. The molecule has 0 bridgehead atoms. The first-order valence-corrected chi connectivity index (χ1v) is 6.03. The van der Waals surface area contributed by atoms with E-state index in [1.807, 2.05) is 37.3 Å². The fourth-order valence-corrected chi connectivity index (χ4v) is 1.91. The van der Waals surface area contributed by atoms with Gasteiger partial charge in [-0.05, 0) is 12.5 Å². The van der Waals surface area contributed by atoms with Crippen molar-refractivity contribution in [1.82, 2.24) is 15.1 Å². The van der Waals surface area contributed by atoms with Crippen molar-refractivity contribution in [2.75, 3.05) is 0 Å². The van der Waals surface area contributed by atoms with Crippen molar-refractivity contribution in [3.8, 4) is 0 Å². The molecular formula is C13H14N4O3. The summed E-state index contributed by atoms with van der Waals surface area (Å²) in [5, 5.41) is 17.4. The van der Waals surface area contributed by atoms with Crippen LogP contribution in [0, 0.1) is 10.1 Å². The van der Waals surface area contributed by atoms with Gasteiger partial charge in [-0.3, -0.25) is 19.6 Å². The van der Waals surface area contributed by atoms with Gasteiger partial charge in [0, 0.05) is 7.05 Å². The van der Waals surface area contributed by atoms with Gasteiger partial charge in [-0.2, -0.15) is 5.10 Å². The van der Waals surface area contributed by atoms with Crippen LogP contribution in [0.25, 0.3) is 0 Å². The SMILES string of the molecule is CC(NC(=O)c1c([N+](=O)[O-])cnn1C)c1ccccc1. The summed E-state index contributed by atoms with van der Waals surface area (Å²) in [5.74, 6) is -0.520. The number of amides is 1. The third-order valence-corrected chi connectivity index (χ3v) is 2.98. The zero-order valence-corrected chi connectivity index (χ0v) is 11.1. The van der Waals surface area contributed by atoms with Crippen molar-refractivity contribution in [3.05, 3.63) is 57.9 Å². The Bertz CT molecular complexity index is 636. The van der Waals surface area contributed by atoms with Crippen LogP contribution in [0.15, 0.2) is 36.5 Å². The highest BCUT2D eigenvalue weighted by molar-refractivity contribution is 5.96. The van der Waals surface area contributed by atoms with Crippen LogP contribution >= 0.6 is 0 Å². The standard InChI is InChI=1S/C13H14N4O3/c1-9(10-6-4-3-5-7-10)15-13(18)12-11(17(19)20)8-14-16(12)2/h3-9H,1-2H3,(H,15,18). The molecule has 0 saturated carbocycles. The Morgan fingerprint density at radius 2 is 2.05 bits per heavy atom. The van der Waals surface area contributed by atoms with Crippen molar-refractivity contribution >= 4 is 11.6 Å². The van der Waals surface area contributed by atoms with Gasteiger partial charge < -0.3 is 5.32 Å². The van der Waals surface area contributed by atoms with Gasteiger partial charge in [0.05, 0.1) is 11.0 Å². The fraction of sp³-hybridized carbons (Fsp3) is 0.231. The Kier molecular flexibility index (Phi) is 3.79. The van der Waals surface area contributed by atoms with Gasteiger partial charge in [0.15, 0.2) is 0 Å². The number of nitrogens with one attached hydrogen (secondary N) is 1. The molecule has 7 heteroatoms. The van der Waals surface area contributed by atoms with E-state index < -0.39 is 10.8 Å². The molecule has 1 aromatic carbocycles. The third-order valence-electron chi connectivity index (χ3n) is 2.98. The monoisotopic (exact) mass is 274 g/mol. The average Bonchev–Trinajstić information content (AvgIpc) is 2.81. The molecule has 0 aliphatic carbocycles. The van der Waals surface area contributed by atoms with Gasteiger partial charge in [-0.25, -0.2) is 0 Å². The zero-order valence-electron chi connectivity index (χ0n) is 11.1. The second-order valence-corrected chi connectivity index (χ2v) is 4.36. The lowest BCUT2D eigenvalue weighted by Gasteiger charge is -2.13. The molecule has 0 saturated heterocycles. The number of carbonyl (C=O) groups is 1. The van der Waals surface area contributed by atoms with Gasteiger partial charge in [-0.1, -0.05) is 30.3 Å². The number of nitro groups is 1. The number of aryl methyl sites for hydroxylation is 1. The first-order chi connectivity index (χ1) is 9.50. The Morgan fingerprint density at radius 3 is 2.65 bits per heavy atom. The summed E-state index contributed by atoms with van der Waals surface area (Å²) >= 11 is 0. The molecule has 2 rings (SSSR count). The lowest BCUT2D eigenvalue weighted by atomic mass is 10.1. The van der Waals surface area contributed by atoms with Crippen LogP contribution in [0.5, 0.6) is 0 Å². The van der Waals surface area contributed by atoms with E-state index in [1.54, 1.807) is 0 Å². The van der Waals surface area contributed by atoms with Gasteiger partial charge in [0.25, 0.3) is 5.91 Å². The lowest BCUT2D eigenvalue weighted by molar-refractivity contribution is -0.385. The molecule has 20 heavy (non-hydrogen) atoms. The summed E-state index contributed by atoms with van der Waals surface area (Å²) in [4.78, 5) is 22.4. The number of nitrogens with zero attached hydrogens (tertiary/aromatic N) is 3. The molecule has 0 spiro atoms. The molecule has 1 amide bonds. The molecule has 1 N–H and O–H groups in total. The molecule has 0 radical (unpaired) electrons. The van der Waals surface area contributed by atoms with E-state index in [-0.39, 0.29) is 17.4 Å². The van der Waals surface area contributed by atoms with Crippen LogP contribution in [0.3, 0.4) is 0 Å². The van der Waals surface area contributed by atoms with Crippen LogP contribution < -0.4 is 5.32 Å². The quantitative estimate of drug-likeness (QED) is 0.680. The van der Waals surface area contributed by atoms with E-state index in [4.69, 9.17) is 0 Å². The number of benzene rings is 1. The molecule has 104 valence electrons. The van der Waals surface area contributed by atoms with Crippen molar-refractivity contribution < 1.29 is 9.72 Å². The third kappa shape index (κ3) is 2.66. The highest BCUT2D eigenvalue weighted by atomic mass is 16.6. The van der Waals surface area contributed by atoms with Crippen LogP contribution in [0.4, 0.5) is 5.69 Å². The van der Waals surface area contributed by atoms with Gasteiger partial charge >= 0.3 is 5.69 Å². The maximum absolute atomic E-state index is 12.2. The Hall–Kier alpha value is -2.70. The van der Waals surface area contributed by atoms with Gasteiger partial charge in [-0.15, -0.1) is 0 Å². The van der Waals surface area contributed by atoms with E-state index >= 15 is 0 Å². The minimum atomic E-state index is -0.616. The molecule has 1 aromatic heterocycles. The van der Waals surface area contributed by atoms with Gasteiger partial charge in [0.1, 0.15) is 6.20 Å². The zero-order chi connectivity index (χ0) is 14.7. The minimum absolute atomic E-state index is 0.0576. The second-order valence-electron chi connectivity index (χ2n) is 4.36. The Morgan fingerprint density at radius 1 is 1.40 bits per heavy atom. The van der Waals surface area contributed by atoms with Crippen LogP contribution in [-0.4, -0.2) is 20.6 Å². The van der Waals surface area contributed by atoms with Gasteiger partial charge in [0.2, 0.25) is 5.69 Å². The minimum Gasteiger partial charge on any atom is -0.344 e. The predicted octanol–water partition coefficient (Wildman–Crippen LogP) is 1.82. The highest BCUT2D eigenvalue weighted by Gasteiger charge is 2.26. The maximum Gasteiger partial charge on any atom is 0.320 e.